The minimum absolute atomic E-state index is 0.562. The monoisotopic (exact) mass is 284 g/mol. The van der Waals surface area contributed by atoms with E-state index in [0.29, 0.717) is 5.13 Å². The maximum atomic E-state index is 5.60. The highest BCUT2D eigenvalue weighted by atomic mass is 79.9. The highest BCUT2D eigenvalue weighted by Gasteiger charge is 2.09. The number of thiazole rings is 1. The molecule has 0 unspecified atom stereocenters. The predicted octanol–water partition coefficient (Wildman–Crippen LogP) is 3.16. The lowest BCUT2D eigenvalue weighted by atomic mass is 10.2. The molecule has 0 saturated carbocycles. The van der Waals surface area contributed by atoms with Crippen LogP contribution in [-0.4, -0.2) is 12.1 Å². The quantitative estimate of drug-likeness (QED) is 0.922. The molecule has 1 aromatic carbocycles. The summed E-state index contributed by atoms with van der Waals surface area (Å²) in [5.74, 6) is 0.821. The lowest BCUT2D eigenvalue weighted by molar-refractivity contribution is 0.416. The van der Waals surface area contributed by atoms with Crippen LogP contribution >= 0.6 is 27.3 Å². The van der Waals surface area contributed by atoms with Gasteiger partial charge >= 0.3 is 0 Å². The summed E-state index contributed by atoms with van der Waals surface area (Å²) in [6, 6.07) is 5.84. The van der Waals surface area contributed by atoms with Crippen LogP contribution in [0.15, 0.2) is 28.9 Å². The maximum Gasteiger partial charge on any atom is 0.180 e. The summed E-state index contributed by atoms with van der Waals surface area (Å²) in [5, 5.41) is 0.562. The highest BCUT2D eigenvalue weighted by Crippen LogP contribution is 2.36. The normalized spacial score (nSPS) is 10.3. The van der Waals surface area contributed by atoms with Crippen molar-refractivity contribution in [3.8, 4) is 16.2 Å². The smallest absolute Gasteiger partial charge is 0.180 e. The third kappa shape index (κ3) is 2.13. The molecule has 0 bridgehead atoms. The Kier molecular flexibility index (Phi) is 2.93. The topological polar surface area (TPSA) is 48.1 Å². The number of hydrogen-bond donors (Lipinski definition) is 1. The molecule has 1 aromatic heterocycles. The first kappa shape index (κ1) is 10.4. The van der Waals surface area contributed by atoms with Crippen molar-refractivity contribution >= 4 is 32.4 Å². The molecule has 2 N–H and O–H groups in total. The van der Waals surface area contributed by atoms with Gasteiger partial charge in [-0.05, 0) is 18.2 Å². The summed E-state index contributed by atoms with van der Waals surface area (Å²) in [6.07, 6.45) is 1.75. The van der Waals surface area contributed by atoms with Gasteiger partial charge in [-0.1, -0.05) is 27.3 Å². The first-order valence-corrected chi connectivity index (χ1v) is 5.87. The lowest BCUT2D eigenvalue weighted by Crippen LogP contribution is -1.85. The van der Waals surface area contributed by atoms with E-state index in [2.05, 4.69) is 20.9 Å². The third-order valence-electron chi connectivity index (χ3n) is 1.95. The van der Waals surface area contributed by atoms with Gasteiger partial charge in [0.25, 0.3) is 0 Å². The molecule has 0 atom stereocenters. The van der Waals surface area contributed by atoms with E-state index in [0.717, 1.165) is 20.7 Å². The van der Waals surface area contributed by atoms with Crippen LogP contribution in [0.5, 0.6) is 5.75 Å². The number of ether oxygens (including phenoxy) is 1. The van der Waals surface area contributed by atoms with E-state index in [4.69, 9.17) is 10.5 Å². The Balaban J connectivity index is 2.55. The number of nitrogens with zero attached hydrogens (tertiary/aromatic N) is 1. The van der Waals surface area contributed by atoms with Crippen LogP contribution in [0.2, 0.25) is 0 Å². The Morgan fingerprint density at radius 2 is 2.27 bits per heavy atom. The van der Waals surface area contributed by atoms with Crippen LogP contribution in [-0.2, 0) is 0 Å². The van der Waals surface area contributed by atoms with Gasteiger partial charge in [0.15, 0.2) is 5.13 Å². The molecule has 0 saturated heterocycles. The van der Waals surface area contributed by atoms with Crippen molar-refractivity contribution < 1.29 is 4.74 Å². The molecular weight excluding hydrogens is 276 g/mol. The summed E-state index contributed by atoms with van der Waals surface area (Å²) in [7, 11) is 1.65. The minimum Gasteiger partial charge on any atom is -0.496 e. The fourth-order valence-corrected chi connectivity index (χ4v) is 2.35. The van der Waals surface area contributed by atoms with E-state index in [9.17, 15) is 0 Å². The molecule has 0 radical (unpaired) electrons. The number of anilines is 1. The van der Waals surface area contributed by atoms with Gasteiger partial charge in [-0.15, -0.1) is 0 Å². The second-order valence-electron chi connectivity index (χ2n) is 2.91. The molecule has 0 aliphatic rings. The van der Waals surface area contributed by atoms with Crippen molar-refractivity contribution in [2.75, 3.05) is 12.8 Å². The second kappa shape index (κ2) is 4.20. The number of nitrogen functional groups attached to an aromatic ring is 1. The summed E-state index contributed by atoms with van der Waals surface area (Å²) >= 11 is 4.87. The molecule has 0 amide bonds. The number of methoxy groups -OCH3 is 1. The zero-order valence-corrected chi connectivity index (χ0v) is 10.4. The van der Waals surface area contributed by atoms with Gasteiger partial charge in [0.05, 0.1) is 12.0 Å². The summed E-state index contributed by atoms with van der Waals surface area (Å²) in [5.41, 5.74) is 6.60. The van der Waals surface area contributed by atoms with Gasteiger partial charge in [-0.3, -0.25) is 0 Å². The van der Waals surface area contributed by atoms with Crippen molar-refractivity contribution in [3.63, 3.8) is 0 Å². The van der Waals surface area contributed by atoms with Crippen LogP contribution in [0, 0.1) is 0 Å². The molecule has 2 rings (SSSR count). The first-order valence-electron chi connectivity index (χ1n) is 4.26. The Morgan fingerprint density at radius 1 is 1.47 bits per heavy atom. The largest absolute Gasteiger partial charge is 0.496 e. The van der Waals surface area contributed by atoms with Crippen LogP contribution in [0.25, 0.3) is 10.4 Å². The van der Waals surface area contributed by atoms with Crippen molar-refractivity contribution in [2.24, 2.45) is 0 Å². The average Bonchev–Trinajstić information content (AvgIpc) is 2.65. The summed E-state index contributed by atoms with van der Waals surface area (Å²) in [4.78, 5) is 5.03. The van der Waals surface area contributed by atoms with Crippen molar-refractivity contribution in [1.82, 2.24) is 4.98 Å². The molecule has 15 heavy (non-hydrogen) atoms. The fourth-order valence-electron chi connectivity index (χ4n) is 1.28. The van der Waals surface area contributed by atoms with Crippen LogP contribution in [0.4, 0.5) is 5.13 Å². The molecule has 5 heteroatoms. The molecular formula is C10H9BrN2OS. The van der Waals surface area contributed by atoms with Gasteiger partial charge in [0, 0.05) is 16.2 Å². The number of aromatic nitrogens is 1. The lowest BCUT2D eigenvalue weighted by Gasteiger charge is -2.06. The van der Waals surface area contributed by atoms with Crippen molar-refractivity contribution in [2.45, 2.75) is 0 Å². The Bertz CT molecular complexity index is 484. The molecule has 0 aliphatic heterocycles. The number of rotatable bonds is 2. The van der Waals surface area contributed by atoms with Crippen LogP contribution in [0.1, 0.15) is 0 Å². The molecule has 0 fully saturated rings. The van der Waals surface area contributed by atoms with Gasteiger partial charge in [-0.25, -0.2) is 4.98 Å². The number of benzene rings is 1. The molecule has 0 spiro atoms. The van der Waals surface area contributed by atoms with Crippen LogP contribution in [0.3, 0.4) is 0 Å². The van der Waals surface area contributed by atoms with E-state index in [1.807, 2.05) is 18.2 Å². The van der Waals surface area contributed by atoms with Crippen molar-refractivity contribution in [1.29, 1.82) is 0 Å². The van der Waals surface area contributed by atoms with Gasteiger partial charge < -0.3 is 10.5 Å². The molecule has 1 heterocycles. The Hall–Kier alpha value is -1.07. The van der Waals surface area contributed by atoms with E-state index < -0.39 is 0 Å². The standard InChI is InChI=1S/C10H9BrN2OS/c1-14-8-3-2-6(11)4-7(8)9-5-13-10(12)15-9/h2-5H,1H3,(H2,12,13). The third-order valence-corrected chi connectivity index (χ3v) is 3.30. The zero-order valence-electron chi connectivity index (χ0n) is 8.03. The minimum atomic E-state index is 0.562. The van der Waals surface area contributed by atoms with Crippen molar-refractivity contribution in [3.05, 3.63) is 28.9 Å². The Morgan fingerprint density at radius 3 is 2.87 bits per heavy atom. The highest BCUT2D eigenvalue weighted by molar-refractivity contribution is 9.10. The van der Waals surface area contributed by atoms with E-state index >= 15 is 0 Å². The summed E-state index contributed by atoms with van der Waals surface area (Å²) < 4.78 is 6.29. The van der Waals surface area contributed by atoms with Gasteiger partial charge in [-0.2, -0.15) is 0 Å². The first-order chi connectivity index (χ1) is 7.20. The average molecular weight is 285 g/mol. The molecule has 78 valence electrons. The molecule has 3 nitrogen and oxygen atoms in total. The number of halogens is 1. The SMILES string of the molecule is COc1ccc(Br)cc1-c1cnc(N)s1. The van der Waals surface area contributed by atoms with E-state index in [1.165, 1.54) is 11.3 Å². The fraction of sp³-hybridized carbons (Fsp3) is 0.100. The van der Waals surface area contributed by atoms with E-state index in [-0.39, 0.29) is 0 Å². The van der Waals surface area contributed by atoms with Crippen LogP contribution < -0.4 is 10.5 Å². The second-order valence-corrected chi connectivity index (χ2v) is 4.89. The van der Waals surface area contributed by atoms with Gasteiger partial charge in [0.1, 0.15) is 5.75 Å². The maximum absolute atomic E-state index is 5.60. The number of nitrogens with two attached hydrogens (primary N) is 1. The zero-order chi connectivity index (χ0) is 10.8. The predicted molar refractivity (Wildman–Crippen MR) is 66.2 cm³/mol. The molecule has 2 aromatic rings. The molecule has 0 aliphatic carbocycles. The van der Waals surface area contributed by atoms with Gasteiger partial charge in [0.2, 0.25) is 0 Å². The summed E-state index contributed by atoms with van der Waals surface area (Å²) in [6.45, 7) is 0. The van der Waals surface area contributed by atoms with E-state index in [1.54, 1.807) is 13.3 Å². The Labute approximate surface area is 100 Å². The number of hydrogen-bond acceptors (Lipinski definition) is 4.